The van der Waals surface area contributed by atoms with Gasteiger partial charge < -0.3 is 5.32 Å². The van der Waals surface area contributed by atoms with Crippen LogP contribution in [0, 0.1) is 20.8 Å². The summed E-state index contributed by atoms with van der Waals surface area (Å²) in [5.74, 6) is 0. The second-order valence-electron chi connectivity index (χ2n) is 4.83. The van der Waals surface area contributed by atoms with Gasteiger partial charge in [0, 0.05) is 22.7 Å². The standard InChI is InChI=1S/C15H20N2S/c1-9-6-11(3)13(7-10(9)2)15-17-8-14(18-15)12(4)16-5/h6-8,12,16H,1-5H3. The van der Waals surface area contributed by atoms with E-state index in [0.29, 0.717) is 6.04 Å². The predicted molar refractivity (Wildman–Crippen MR) is 79.2 cm³/mol. The third kappa shape index (κ3) is 2.47. The van der Waals surface area contributed by atoms with Crippen molar-refractivity contribution in [3.63, 3.8) is 0 Å². The molecule has 0 spiro atoms. The molecule has 0 saturated heterocycles. The van der Waals surface area contributed by atoms with Crippen molar-refractivity contribution in [1.29, 1.82) is 0 Å². The van der Waals surface area contributed by atoms with E-state index >= 15 is 0 Å². The number of aryl methyl sites for hydroxylation is 3. The number of hydrogen-bond donors (Lipinski definition) is 1. The summed E-state index contributed by atoms with van der Waals surface area (Å²) in [5.41, 5.74) is 5.24. The Balaban J connectivity index is 2.43. The number of nitrogens with one attached hydrogen (secondary N) is 1. The highest BCUT2D eigenvalue weighted by Gasteiger charge is 2.11. The quantitative estimate of drug-likeness (QED) is 0.901. The number of hydrogen-bond acceptors (Lipinski definition) is 3. The van der Waals surface area contributed by atoms with Crippen molar-refractivity contribution >= 4 is 11.3 Å². The van der Waals surface area contributed by atoms with Crippen molar-refractivity contribution in [2.24, 2.45) is 0 Å². The fraction of sp³-hybridized carbons (Fsp3) is 0.400. The Labute approximate surface area is 113 Å². The number of aromatic nitrogens is 1. The lowest BCUT2D eigenvalue weighted by molar-refractivity contribution is 0.662. The SMILES string of the molecule is CNC(C)c1cnc(-c2cc(C)c(C)cc2C)s1. The normalized spacial score (nSPS) is 12.7. The highest BCUT2D eigenvalue weighted by molar-refractivity contribution is 7.15. The molecule has 0 aliphatic heterocycles. The zero-order valence-corrected chi connectivity index (χ0v) is 12.5. The smallest absolute Gasteiger partial charge is 0.123 e. The molecule has 1 unspecified atom stereocenters. The first-order valence-corrected chi connectivity index (χ1v) is 7.05. The van der Waals surface area contributed by atoms with E-state index < -0.39 is 0 Å². The van der Waals surface area contributed by atoms with Crippen LogP contribution in [-0.2, 0) is 0 Å². The summed E-state index contributed by atoms with van der Waals surface area (Å²) >= 11 is 1.77. The van der Waals surface area contributed by atoms with Crippen molar-refractivity contribution in [2.75, 3.05) is 7.05 Å². The summed E-state index contributed by atoms with van der Waals surface area (Å²) in [5, 5.41) is 4.37. The topological polar surface area (TPSA) is 24.9 Å². The van der Waals surface area contributed by atoms with E-state index in [-0.39, 0.29) is 0 Å². The van der Waals surface area contributed by atoms with E-state index in [1.54, 1.807) is 11.3 Å². The molecule has 0 aliphatic carbocycles. The molecule has 2 aromatic rings. The first-order valence-electron chi connectivity index (χ1n) is 6.24. The van der Waals surface area contributed by atoms with Gasteiger partial charge in [-0.3, -0.25) is 0 Å². The van der Waals surface area contributed by atoms with E-state index in [4.69, 9.17) is 0 Å². The van der Waals surface area contributed by atoms with Crippen LogP contribution in [0.5, 0.6) is 0 Å². The minimum absolute atomic E-state index is 0.364. The molecule has 0 fully saturated rings. The first kappa shape index (κ1) is 13.2. The Hall–Kier alpha value is -1.19. The third-order valence-electron chi connectivity index (χ3n) is 3.45. The fourth-order valence-corrected chi connectivity index (χ4v) is 3.00. The van der Waals surface area contributed by atoms with E-state index in [2.05, 4.69) is 50.1 Å². The van der Waals surface area contributed by atoms with Crippen LogP contribution >= 0.6 is 11.3 Å². The number of rotatable bonds is 3. The van der Waals surface area contributed by atoms with Crippen LogP contribution in [0.1, 0.15) is 34.5 Å². The second-order valence-corrected chi connectivity index (χ2v) is 5.89. The zero-order valence-electron chi connectivity index (χ0n) is 11.7. The van der Waals surface area contributed by atoms with Gasteiger partial charge in [-0.05, 0) is 57.5 Å². The van der Waals surface area contributed by atoms with Gasteiger partial charge in [-0.1, -0.05) is 6.07 Å². The molecule has 0 amide bonds. The Kier molecular flexibility index (Phi) is 3.83. The minimum atomic E-state index is 0.364. The average Bonchev–Trinajstić information content (AvgIpc) is 2.82. The maximum Gasteiger partial charge on any atom is 0.123 e. The van der Waals surface area contributed by atoms with Crippen LogP contribution in [0.4, 0.5) is 0 Å². The molecular formula is C15H20N2S. The summed E-state index contributed by atoms with van der Waals surface area (Å²) in [4.78, 5) is 5.85. The summed E-state index contributed by atoms with van der Waals surface area (Å²) < 4.78 is 0. The number of benzene rings is 1. The molecular weight excluding hydrogens is 240 g/mol. The average molecular weight is 260 g/mol. The maximum absolute atomic E-state index is 4.57. The van der Waals surface area contributed by atoms with Gasteiger partial charge in [0.1, 0.15) is 5.01 Å². The Morgan fingerprint density at radius 1 is 1.11 bits per heavy atom. The van der Waals surface area contributed by atoms with E-state index in [9.17, 15) is 0 Å². The molecule has 0 bridgehead atoms. The van der Waals surface area contributed by atoms with Crippen LogP contribution in [0.3, 0.4) is 0 Å². The van der Waals surface area contributed by atoms with Gasteiger partial charge in [-0.2, -0.15) is 0 Å². The van der Waals surface area contributed by atoms with Crippen LogP contribution in [-0.4, -0.2) is 12.0 Å². The minimum Gasteiger partial charge on any atom is -0.312 e. The molecule has 1 aromatic carbocycles. The van der Waals surface area contributed by atoms with Crippen molar-refractivity contribution in [2.45, 2.75) is 33.7 Å². The lowest BCUT2D eigenvalue weighted by Gasteiger charge is -2.08. The van der Waals surface area contributed by atoms with Gasteiger partial charge in [0.05, 0.1) is 0 Å². The van der Waals surface area contributed by atoms with Crippen LogP contribution < -0.4 is 5.32 Å². The lowest BCUT2D eigenvalue weighted by Crippen LogP contribution is -2.10. The molecule has 0 aliphatic rings. The summed E-state index contributed by atoms with van der Waals surface area (Å²) in [6.07, 6.45) is 1.98. The van der Waals surface area contributed by atoms with Gasteiger partial charge in [-0.25, -0.2) is 4.98 Å². The van der Waals surface area contributed by atoms with Crippen molar-refractivity contribution < 1.29 is 0 Å². The molecule has 0 saturated carbocycles. The van der Waals surface area contributed by atoms with Crippen molar-refractivity contribution in [3.8, 4) is 10.6 Å². The summed E-state index contributed by atoms with van der Waals surface area (Å²) in [6.45, 7) is 8.63. The van der Waals surface area contributed by atoms with Gasteiger partial charge in [-0.15, -0.1) is 11.3 Å². The summed E-state index contributed by atoms with van der Waals surface area (Å²) in [6, 6.07) is 4.85. The van der Waals surface area contributed by atoms with Gasteiger partial charge in [0.2, 0.25) is 0 Å². The molecule has 1 atom stereocenters. The molecule has 3 heteroatoms. The Bertz CT molecular complexity index is 558. The Morgan fingerprint density at radius 2 is 1.78 bits per heavy atom. The zero-order chi connectivity index (χ0) is 13.3. The van der Waals surface area contributed by atoms with Gasteiger partial charge >= 0.3 is 0 Å². The number of thiazole rings is 1. The molecule has 18 heavy (non-hydrogen) atoms. The molecule has 1 aromatic heterocycles. The highest BCUT2D eigenvalue weighted by atomic mass is 32.1. The monoisotopic (exact) mass is 260 g/mol. The van der Waals surface area contributed by atoms with Crippen molar-refractivity contribution in [3.05, 3.63) is 39.9 Å². The highest BCUT2D eigenvalue weighted by Crippen LogP contribution is 2.32. The van der Waals surface area contributed by atoms with Crippen LogP contribution in [0.25, 0.3) is 10.6 Å². The van der Waals surface area contributed by atoms with Crippen molar-refractivity contribution in [1.82, 2.24) is 10.3 Å². The maximum atomic E-state index is 4.57. The first-order chi connectivity index (χ1) is 8.52. The molecule has 2 nitrogen and oxygen atoms in total. The second kappa shape index (κ2) is 5.21. The molecule has 1 N–H and O–H groups in total. The Morgan fingerprint density at radius 3 is 2.44 bits per heavy atom. The summed E-state index contributed by atoms with van der Waals surface area (Å²) in [7, 11) is 1.98. The predicted octanol–water partition coefficient (Wildman–Crippen LogP) is 4.02. The molecule has 1 heterocycles. The van der Waals surface area contributed by atoms with E-state index in [1.807, 2.05) is 13.2 Å². The van der Waals surface area contributed by atoms with Crippen LogP contribution in [0.2, 0.25) is 0 Å². The molecule has 2 rings (SSSR count). The van der Waals surface area contributed by atoms with E-state index in [1.165, 1.54) is 27.1 Å². The van der Waals surface area contributed by atoms with E-state index in [0.717, 1.165) is 5.01 Å². The van der Waals surface area contributed by atoms with Crippen LogP contribution in [0.15, 0.2) is 18.3 Å². The lowest BCUT2D eigenvalue weighted by atomic mass is 10.0. The molecule has 96 valence electrons. The largest absolute Gasteiger partial charge is 0.312 e. The number of nitrogens with zero attached hydrogens (tertiary/aromatic N) is 1. The fourth-order valence-electron chi connectivity index (χ4n) is 1.94. The third-order valence-corrected chi connectivity index (χ3v) is 4.67. The van der Waals surface area contributed by atoms with Gasteiger partial charge in [0.15, 0.2) is 0 Å². The van der Waals surface area contributed by atoms with Gasteiger partial charge in [0.25, 0.3) is 0 Å². The molecule has 0 radical (unpaired) electrons.